The van der Waals surface area contributed by atoms with Crippen LogP contribution < -0.4 is 0 Å². The van der Waals surface area contributed by atoms with Crippen LogP contribution in [0.2, 0.25) is 0 Å². The van der Waals surface area contributed by atoms with Crippen molar-refractivity contribution in [3.05, 3.63) is 29.7 Å². The van der Waals surface area contributed by atoms with Crippen molar-refractivity contribution in [3.63, 3.8) is 0 Å². The summed E-state index contributed by atoms with van der Waals surface area (Å²) in [5.74, 6) is -0.235. The van der Waals surface area contributed by atoms with Crippen molar-refractivity contribution >= 4 is 10.9 Å². The van der Waals surface area contributed by atoms with E-state index < -0.39 is 0 Å². The molecular formula is C13H15FN2O. The highest BCUT2D eigenvalue weighted by molar-refractivity contribution is 5.82. The number of benzene rings is 1. The van der Waals surface area contributed by atoms with Crippen LogP contribution in [0.4, 0.5) is 4.39 Å². The highest BCUT2D eigenvalue weighted by Gasteiger charge is 2.24. The van der Waals surface area contributed by atoms with Crippen LogP contribution in [0.5, 0.6) is 0 Å². The number of nitrogens with zero attached hydrogens (tertiary/aromatic N) is 2. The molecule has 1 aliphatic heterocycles. The molecule has 17 heavy (non-hydrogen) atoms. The van der Waals surface area contributed by atoms with Gasteiger partial charge in [-0.3, -0.25) is 4.68 Å². The Kier molecular flexibility index (Phi) is 2.59. The number of hydrogen-bond acceptors (Lipinski definition) is 2. The first-order valence-corrected chi connectivity index (χ1v) is 6.07. The summed E-state index contributed by atoms with van der Waals surface area (Å²) in [6.07, 6.45) is 2.15. The van der Waals surface area contributed by atoms with Gasteiger partial charge in [-0.1, -0.05) is 13.3 Å². The van der Waals surface area contributed by atoms with Crippen LogP contribution >= 0.6 is 0 Å². The topological polar surface area (TPSA) is 27.1 Å². The van der Waals surface area contributed by atoms with E-state index in [9.17, 15) is 4.39 Å². The molecule has 1 unspecified atom stereocenters. The molecule has 90 valence electrons. The minimum atomic E-state index is -0.235. The van der Waals surface area contributed by atoms with Crippen molar-refractivity contribution in [2.24, 2.45) is 0 Å². The maximum absolute atomic E-state index is 13.2. The number of rotatable bonds is 2. The highest BCUT2D eigenvalue weighted by Crippen LogP contribution is 2.32. The average Bonchev–Trinajstić information content (AvgIpc) is 2.67. The van der Waals surface area contributed by atoms with Crippen LogP contribution in [0.15, 0.2) is 18.2 Å². The monoisotopic (exact) mass is 234 g/mol. The third-order valence-corrected chi connectivity index (χ3v) is 3.22. The number of ether oxygens (including phenoxy) is 1. The molecule has 0 aliphatic carbocycles. The fourth-order valence-electron chi connectivity index (χ4n) is 2.48. The normalized spacial score (nSPS) is 19.5. The van der Waals surface area contributed by atoms with E-state index in [1.54, 1.807) is 6.07 Å². The summed E-state index contributed by atoms with van der Waals surface area (Å²) >= 11 is 0. The molecule has 0 N–H and O–H groups in total. The Bertz CT molecular complexity index is 550. The smallest absolute Gasteiger partial charge is 0.125 e. The lowest BCUT2D eigenvalue weighted by molar-refractivity contribution is 0.0123. The lowest BCUT2D eigenvalue weighted by Gasteiger charge is -2.24. The van der Waals surface area contributed by atoms with Crippen LogP contribution in [0.1, 0.15) is 31.6 Å². The molecule has 2 aromatic rings. The fraction of sp³-hybridized carbons (Fsp3) is 0.462. The van der Waals surface area contributed by atoms with Gasteiger partial charge in [-0.25, -0.2) is 4.39 Å². The van der Waals surface area contributed by atoms with Gasteiger partial charge in [-0.15, -0.1) is 0 Å². The summed E-state index contributed by atoms with van der Waals surface area (Å²) in [5, 5.41) is 5.46. The van der Waals surface area contributed by atoms with E-state index in [4.69, 9.17) is 4.74 Å². The van der Waals surface area contributed by atoms with E-state index in [0.717, 1.165) is 36.0 Å². The number of hydrogen-bond donors (Lipinski definition) is 0. The van der Waals surface area contributed by atoms with Crippen molar-refractivity contribution < 1.29 is 9.13 Å². The molecule has 0 radical (unpaired) electrons. The van der Waals surface area contributed by atoms with E-state index in [2.05, 4.69) is 12.0 Å². The van der Waals surface area contributed by atoms with Crippen molar-refractivity contribution in [2.45, 2.75) is 32.4 Å². The van der Waals surface area contributed by atoms with Crippen LogP contribution in [0, 0.1) is 5.82 Å². The Hall–Kier alpha value is -1.42. The largest absolute Gasteiger partial charge is 0.370 e. The zero-order chi connectivity index (χ0) is 11.8. The Morgan fingerprint density at radius 2 is 2.41 bits per heavy atom. The Morgan fingerprint density at radius 1 is 1.53 bits per heavy atom. The van der Waals surface area contributed by atoms with Crippen LogP contribution in [0.25, 0.3) is 10.9 Å². The molecule has 0 spiro atoms. The molecule has 3 nitrogen and oxygen atoms in total. The molecule has 1 aromatic heterocycles. The molecule has 0 saturated carbocycles. The van der Waals surface area contributed by atoms with E-state index in [1.807, 2.05) is 4.68 Å². The number of halogens is 1. The first-order valence-electron chi connectivity index (χ1n) is 6.07. The molecule has 0 bridgehead atoms. The van der Waals surface area contributed by atoms with Gasteiger partial charge >= 0.3 is 0 Å². The predicted octanol–water partition coefficient (Wildman–Crippen LogP) is 3.05. The molecule has 4 heteroatoms. The van der Waals surface area contributed by atoms with Crippen molar-refractivity contribution in [2.75, 3.05) is 6.61 Å². The van der Waals surface area contributed by atoms with E-state index in [-0.39, 0.29) is 11.9 Å². The van der Waals surface area contributed by atoms with Gasteiger partial charge in [-0.2, -0.15) is 5.10 Å². The van der Waals surface area contributed by atoms with Crippen molar-refractivity contribution in [1.82, 2.24) is 9.78 Å². The number of aromatic nitrogens is 2. The first kappa shape index (κ1) is 10.7. The molecule has 1 aliphatic rings. The molecule has 2 heterocycles. The van der Waals surface area contributed by atoms with Gasteiger partial charge in [0.05, 0.1) is 30.5 Å². The zero-order valence-electron chi connectivity index (χ0n) is 9.82. The third-order valence-electron chi connectivity index (χ3n) is 3.22. The first-order chi connectivity index (χ1) is 8.29. The van der Waals surface area contributed by atoms with Gasteiger partial charge in [0.2, 0.25) is 0 Å². The molecule has 0 fully saturated rings. The SMILES string of the molecule is CCCC1OCCn2nc3cc(F)ccc3c21. The second-order valence-electron chi connectivity index (χ2n) is 4.42. The maximum Gasteiger partial charge on any atom is 0.125 e. The lowest BCUT2D eigenvalue weighted by atomic mass is 10.1. The maximum atomic E-state index is 13.2. The Balaban J connectivity index is 2.17. The second kappa shape index (κ2) is 4.11. The van der Waals surface area contributed by atoms with Crippen LogP contribution in [-0.2, 0) is 11.3 Å². The van der Waals surface area contributed by atoms with Gasteiger partial charge in [0, 0.05) is 11.5 Å². The quantitative estimate of drug-likeness (QED) is 0.798. The standard InChI is InChI=1S/C13H15FN2O/c1-2-3-12-13-10-5-4-9(14)8-11(10)15-16(13)6-7-17-12/h4-5,8,12H,2-3,6-7H2,1H3. The zero-order valence-corrected chi connectivity index (χ0v) is 9.82. The molecule has 0 saturated heterocycles. The van der Waals surface area contributed by atoms with E-state index >= 15 is 0 Å². The van der Waals surface area contributed by atoms with Crippen LogP contribution in [-0.4, -0.2) is 16.4 Å². The van der Waals surface area contributed by atoms with Crippen LogP contribution in [0.3, 0.4) is 0 Å². The molecule has 0 amide bonds. The molecular weight excluding hydrogens is 219 g/mol. The van der Waals surface area contributed by atoms with E-state index in [0.29, 0.717) is 6.61 Å². The molecule has 1 atom stereocenters. The highest BCUT2D eigenvalue weighted by atomic mass is 19.1. The Labute approximate surface area is 99.2 Å². The Morgan fingerprint density at radius 3 is 3.24 bits per heavy atom. The minimum Gasteiger partial charge on any atom is -0.370 e. The summed E-state index contributed by atoms with van der Waals surface area (Å²) in [5.41, 5.74) is 1.83. The van der Waals surface area contributed by atoms with Gasteiger partial charge in [0.25, 0.3) is 0 Å². The van der Waals surface area contributed by atoms with Gasteiger partial charge in [0.15, 0.2) is 0 Å². The van der Waals surface area contributed by atoms with E-state index in [1.165, 1.54) is 12.1 Å². The lowest BCUT2D eigenvalue weighted by Crippen LogP contribution is -2.22. The van der Waals surface area contributed by atoms with Gasteiger partial charge < -0.3 is 4.74 Å². The minimum absolute atomic E-state index is 0.101. The van der Waals surface area contributed by atoms with Gasteiger partial charge in [-0.05, 0) is 18.6 Å². The second-order valence-corrected chi connectivity index (χ2v) is 4.42. The average molecular weight is 234 g/mol. The third kappa shape index (κ3) is 1.72. The predicted molar refractivity (Wildman–Crippen MR) is 63.3 cm³/mol. The summed E-state index contributed by atoms with van der Waals surface area (Å²) in [7, 11) is 0. The summed E-state index contributed by atoms with van der Waals surface area (Å²) < 4.78 is 20.9. The fourth-order valence-corrected chi connectivity index (χ4v) is 2.48. The summed E-state index contributed by atoms with van der Waals surface area (Å²) in [6, 6.07) is 4.78. The van der Waals surface area contributed by atoms with Crippen molar-refractivity contribution in [3.8, 4) is 0 Å². The van der Waals surface area contributed by atoms with Crippen molar-refractivity contribution in [1.29, 1.82) is 0 Å². The number of fused-ring (bicyclic) bond motifs is 3. The van der Waals surface area contributed by atoms with Gasteiger partial charge in [0.1, 0.15) is 5.82 Å². The molecule has 1 aromatic carbocycles. The molecule has 3 rings (SSSR count). The summed E-state index contributed by atoms with van der Waals surface area (Å²) in [4.78, 5) is 0. The summed E-state index contributed by atoms with van der Waals surface area (Å²) in [6.45, 7) is 3.58.